The van der Waals surface area contributed by atoms with E-state index in [-0.39, 0.29) is 5.91 Å². The minimum Gasteiger partial charge on any atom is -0.384 e. The van der Waals surface area contributed by atoms with Crippen molar-refractivity contribution in [1.82, 2.24) is 19.2 Å². The van der Waals surface area contributed by atoms with Crippen LogP contribution in [0, 0.1) is 0 Å². The molecule has 12 heteroatoms. The molecule has 3 aromatic rings. The summed E-state index contributed by atoms with van der Waals surface area (Å²) in [6, 6.07) is 8.70. The van der Waals surface area contributed by atoms with Gasteiger partial charge in [-0.05, 0) is 30.3 Å². The van der Waals surface area contributed by atoms with Crippen LogP contribution in [-0.4, -0.2) is 79.7 Å². The van der Waals surface area contributed by atoms with E-state index < -0.39 is 10.0 Å². The third-order valence-corrected chi connectivity index (χ3v) is 6.98. The number of imidazole rings is 1. The van der Waals surface area contributed by atoms with E-state index in [4.69, 9.17) is 32.9 Å². The lowest BCUT2D eigenvalue weighted by molar-refractivity contribution is -0.133. The van der Waals surface area contributed by atoms with E-state index in [1.54, 1.807) is 37.6 Å². The molecule has 0 atom stereocenters. The van der Waals surface area contributed by atoms with Crippen molar-refractivity contribution in [2.75, 3.05) is 50.9 Å². The van der Waals surface area contributed by atoms with Gasteiger partial charge in [-0.3, -0.25) is 18.8 Å². The first-order chi connectivity index (χ1) is 16.6. The van der Waals surface area contributed by atoms with Crippen LogP contribution in [0.15, 0.2) is 36.5 Å². The number of carbonyl (C=O) groups excluding carboxylic acids is 1. The molecular formula is C23H27Cl2N5O4S. The summed E-state index contributed by atoms with van der Waals surface area (Å²) < 4.78 is 33.0. The number of anilines is 1. The average molecular weight is 540 g/mol. The van der Waals surface area contributed by atoms with Crippen LogP contribution in [0.3, 0.4) is 0 Å². The molecule has 188 valence electrons. The molecule has 2 aromatic heterocycles. The average Bonchev–Trinajstić information content (AvgIpc) is 3.14. The SMILES string of the molecule is COCCC(=O)N1CCN(Cc2c(-c3ccc(Cl)cc3Cl)nc3ccc(NS(C)(=O)=O)cn23)CC1. The third kappa shape index (κ3) is 6.25. The Labute approximate surface area is 214 Å². The number of benzene rings is 1. The Hall–Kier alpha value is -2.37. The smallest absolute Gasteiger partial charge is 0.229 e. The second-order valence-corrected chi connectivity index (χ2v) is 11.0. The van der Waals surface area contributed by atoms with Crippen molar-refractivity contribution in [2.24, 2.45) is 0 Å². The molecule has 1 aliphatic rings. The molecule has 1 aliphatic heterocycles. The van der Waals surface area contributed by atoms with Crippen molar-refractivity contribution in [3.63, 3.8) is 0 Å². The number of ether oxygens (including phenoxy) is 1. The zero-order chi connectivity index (χ0) is 25.2. The molecule has 0 bridgehead atoms. The van der Waals surface area contributed by atoms with Gasteiger partial charge in [-0.15, -0.1) is 0 Å². The maximum Gasteiger partial charge on any atom is 0.229 e. The van der Waals surface area contributed by atoms with Gasteiger partial charge in [-0.25, -0.2) is 13.4 Å². The van der Waals surface area contributed by atoms with Crippen LogP contribution in [0.1, 0.15) is 12.1 Å². The number of sulfonamides is 1. The number of aromatic nitrogens is 2. The molecule has 0 unspecified atom stereocenters. The molecule has 1 aromatic carbocycles. The number of hydrogen-bond donors (Lipinski definition) is 1. The number of halogens is 2. The molecule has 35 heavy (non-hydrogen) atoms. The summed E-state index contributed by atoms with van der Waals surface area (Å²) in [4.78, 5) is 21.2. The molecule has 1 amide bonds. The summed E-state index contributed by atoms with van der Waals surface area (Å²) in [6.45, 7) is 3.59. The Morgan fingerprint density at radius 2 is 1.89 bits per heavy atom. The number of methoxy groups -OCH3 is 1. The van der Waals surface area contributed by atoms with Crippen LogP contribution in [0.2, 0.25) is 10.0 Å². The fourth-order valence-electron chi connectivity index (χ4n) is 4.13. The minimum atomic E-state index is -3.44. The van der Waals surface area contributed by atoms with Crippen molar-refractivity contribution >= 4 is 50.5 Å². The Kier molecular flexibility index (Phi) is 7.87. The Balaban J connectivity index is 1.66. The van der Waals surface area contributed by atoms with Crippen molar-refractivity contribution in [2.45, 2.75) is 13.0 Å². The van der Waals surface area contributed by atoms with E-state index in [0.29, 0.717) is 72.8 Å². The van der Waals surface area contributed by atoms with Gasteiger partial charge in [0.1, 0.15) is 5.65 Å². The van der Waals surface area contributed by atoms with Gasteiger partial charge in [0.15, 0.2) is 0 Å². The molecule has 3 heterocycles. The van der Waals surface area contributed by atoms with Gasteiger partial charge >= 0.3 is 0 Å². The second kappa shape index (κ2) is 10.7. The second-order valence-electron chi connectivity index (χ2n) is 8.45. The number of amides is 1. The number of fused-ring (bicyclic) bond motifs is 1. The highest BCUT2D eigenvalue weighted by Crippen LogP contribution is 2.34. The van der Waals surface area contributed by atoms with Crippen molar-refractivity contribution in [3.8, 4) is 11.3 Å². The van der Waals surface area contributed by atoms with Gasteiger partial charge in [0.2, 0.25) is 15.9 Å². The molecule has 1 fully saturated rings. The van der Waals surface area contributed by atoms with Crippen LogP contribution in [0.25, 0.3) is 16.9 Å². The zero-order valence-corrected chi connectivity index (χ0v) is 21.8. The number of pyridine rings is 1. The highest BCUT2D eigenvalue weighted by Gasteiger charge is 2.24. The molecular weight excluding hydrogens is 513 g/mol. The number of nitrogens with one attached hydrogen (secondary N) is 1. The Morgan fingerprint density at radius 3 is 2.54 bits per heavy atom. The highest BCUT2D eigenvalue weighted by atomic mass is 35.5. The number of carbonyl (C=O) groups is 1. The number of nitrogens with zero attached hydrogens (tertiary/aromatic N) is 4. The largest absolute Gasteiger partial charge is 0.384 e. The van der Waals surface area contributed by atoms with E-state index in [9.17, 15) is 13.2 Å². The molecule has 0 radical (unpaired) electrons. The molecule has 4 rings (SSSR count). The molecule has 0 spiro atoms. The van der Waals surface area contributed by atoms with Crippen LogP contribution >= 0.6 is 23.2 Å². The summed E-state index contributed by atoms with van der Waals surface area (Å²) in [7, 11) is -1.85. The Morgan fingerprint density at radius 1 is 1.14 bits per heavy atom. The monoisotopic (exact) mass is 539 g/mol. The summed E-state index contributed by atoms with van der Waals surface area (Å²) >= 11 is 12.6. The van der Waals surface area contributed by atoms with Crippen molar-refractivity contribution in [1.29, 1.82) is 0 Å². The summed E-state index contributed by atoms with van der Waals surface area (Å²) in [6.07, 6.45) is 3.20. The van der Waals surface area contributed by atoms with Crippen molar-refractivity contribution in [3.05, 3.63) is 52.3 Å². The Bertz CT molecular complexity index is 1340. The van der Waals surface area contributed by atoms with E-state index in [0.717, 1.165) is 17.5 Å². The van der Waals surface area contributed by atoms with E-state index >= 15 is 0 Å². The zero-order valence-electron chi connectivity index (χ0n) is 19.5. The van der Waals surface area contributed by atoms with Gasteiger partial charge in [-0.1, -0.05) is 23.2 Å². The van der Waals surface area contributed by atoms with Gasteiger partial charge in [0.25, 0.3) is 0 Å². The van der Waals surface area contributed by atoms with Gasteiger partial charge in [-0.2, -0.15) is 0 Å². The van der Waals surface area contributed by atoms with Gasteiger partial charge in [0, 0.05) is 56.6 Å². The van der Waals surface area contributed by atoms with Crippen LogP contribution in [0.5, 0.6) is 0 Å². The fraction of sp³-hybridized carbons (Fsp3) is 0.391. The predicted molar refractivity (Wildman–Crippen MR) is 137 cm³/mol. The molecule has 0 saturated carbocycles. The molecule has 9 nitrogen and oxygen atoms in total. The fourth-order valence-corrected chi connectivity index (χ4v) is 5.18. The summed E-state index contributed by atoms with van der Waals surface area (Å²) in [5.41, 5.74) is 3.39. The first-order valence-corrected chi connectivity index (χ1v) is 13.7. The topological polar surface area (TPSA) is 96.2 Å². The number of piperazine rings is 1. The maximum atomic E-state index is 12.3. The van der Waals surface area contributed by atoms with Gasteiger partial charge < -0.3 is 9.64 Å². The highest BCUT2D eigenvalue weighted by molar-refractivity contribution is 7.92. The molecule has 1 saturated heterocycles. The lowest BCUT2D eigenvalue weighted by Gasteiger charge is -2.34. The quantitative estimate of drug-likeness (QED) is 0.471. The third-order valence-electron chi connectivity index (χ3n) is 5.83. The lowest BCUT2D eigenvalue weighted by Crippen LogP contribution is -2.48. The van der Waals surface area contributed by atoms with E-state index in [1.807, 2.05) is 15.4 Å². The summed E-state index contributed by atoms with van der Waals surface area (Å²) in [5.74, 6) is 0.0893. The molecule has 1 N–H and O–H groups in total. The predicted octanol–water partition coefficient (Wildman–Crippen LogP) is 3.36. The normalized spacial score (nSPS) is 15.0. The summed E-state index contributed by atoms with van der Waals surface area (Å²) in [5, 5.41) is 1.00. The first-order valence-electron chi connectivity index (χ1n) is 11.1. The van der Waals surface area contributed by atoms with Crippen molar-refractivity contribution < 1.29 is 17.9 Å². The lowest BCUT2D eigenvalue weighted by atomic mass is 10.1. The van der Waals surface area contributed by atoms with Crippen LogP contribution in [0.4, 0.5) is 5.69 Å². The minimum absolute atomic E-state index is 0.0893. The standard InChI is InChI=1S/C23H27Cl2N5O4S/c1-34-12-7-22(31)29-10-8-28(9-11-29)15-20-23(18-5-3-16(24)13-19(18)25)26-21-6-4-17(14-30(20)21)27-35(2,32)33/h3-6,13-14,27H,7-12,15H2,1-2H3. The van der Waals surface area contributed by atoms with Crippen LogP contribution < -0.4 is 4.72 Å². The first kappa shape index (κ1) is 25.7. The van der Waals surface area contributed by atoms with E-state index in [1.165, 1.54) is 0 Å². The molecule has 0 aliphatic carbocycles. The van der Waals surface area contributed by atoms with Gasteiger partial charge in [0.05, 0.1) is 41.4 Å². The van der Waals surface area contributed by atoms with Crippen LogP contribution in [-0.2, 0) is 26.1 Å². The maximum absolute atomic E-state index is 12.3. The number of rotatable bonds is 8. The number of hydrogen-bond acceptors (Lipinski definition) is 6. The van der Waals surface area contributed by atoms with E-state index in [2.05, 4.69) is 9.62 Å².